The zero-order chi connectivity index (χ0) is 19.7. The maximum Gasteiger partial charge on any atom is 0.278 e. The molecule has 0 aliphatic carbocycles. The van der Waals surface area contributed by atoms with Crippen LogP contribution >= 0.6 is 27.5 Å². The van der Waals surface area contributed by atoms with Crippen LogP contribution in [-0.2, 0) is 16.1 Å². The Hall–Kier alpha value is -2.83. The average molecular weight is 458 g/mol. The summed E-state index contributed by atoms with van der Waals surface area (Å²) in [5, 5.41) is 3.66. The fourth-order valence-electron chi connectivity index (χ4n) is 2.99. The number of hydrogen-bond donors (Lipinski definition) is 1. The molecule has 7 heteroatoms. The highest BCUT2D eigenvalue weighted by molar-refractivity contribution is 9.10. The van der Waals surface area contributed by atoms with Gasteiger partial charge in [-0.15, -0.1) is 0 Å². The maximum absolute atomic E-state index is 13.1. The Kier molecular flexibility index (Phi) is 5.07. The van der Waals surface area contributed by atoms with E-state index < -0.39 is 5.91 Å². The minimum atomic E-state index is -0.411. The Labute approximate surface area is 174 Å². The molecule has 1 N–H and O–H groups in total. The van der Waals surface area contributed by atoms with E-state index in [9.17, 15) is 9.59 Å². The largest absolute Gasteiger partial charge is 0.467 e. The Morgan fingerprint density at radius 1 is 1.00 bits per heavy atom. The Morgan fingerprint density at radius 3 is 2.46 bits per heavy atom. The molecule has 140 valence electrons. The maximum atomic E-state index is 13.1. The van der Waals surface area contributed by atoms with Gasteiger partial charge in [0.15, 0.2) is 0 Å². The van der Waals surface area contributed by atoms with Crippen molar-refractivity contribution in [2.75, 3.05) is 5.32 Å². The molecular weight excluding hydrogens is 444 g/mol. The summed E-state index contributed by atoms with van der Waals surface area (Å²) in [7, 11) is 0. The average Bonchev–Trinajstić information content (AvgIpc) is 3.26. The number of carbonyl (C=O) groups excluding carboxylic acids is 2. The van der Waals surface area contributed by atoms with Gasteiger partial charge in [-0.3, -0.25) is 14.5 Å². The molecule has 0 bridgehead atoms. The van der Waals surface area contributed by atoms with E-state index in [1.165, 1.54) is 11.2 Å². The number of halogens is 2. The molecule has 1 aliphatic heterocycles. The summed E-state index contributed by atoms with van der Waals surface area (Å²) < 4.78 is 6.17. The second-order valence-electron chi connectivity index (χ2n) is 6.17. The SMILES string of the molecule is O=C1C(Nc2cccc(Br)c2)=C(c2ccc(Cl)cc2)C(=O)N1Cc1ccco1. The van der Waals surface area contributed by atoms with Crippen molar-refractivity contribution in [3.63, 3.8) is 0 Å². The van der Waals surface area contributed by atoms with E-state index in [0.29, 0.717) is 27.6 Å². The van der Waals surface area contributed by atoms with Gasteiger partial charge in [-0.25, -0.2) is 0 Å². The topological polar surface area (TPSA) is 62.6 Å². The first kappa shape index (κ1) is 18.5. The van der Waals surface area contributed by atoms with Gasteiger partial charge in [-0.2, -0.15) is 0 Å². The van der Waals surface area contributed by atoms with Crippen molar-refractivity contribution < 1.29 is 14.0 Å². The number of amides is 2. The molecule has 3 aromatic rings. The molecule has 2 amide bonds. The lowest BCUT2D eigenvalue weighted by Gasteiger charge is -2.13. The number of anilines is 1. The number of nitrogens with zero attached hydrogens (tertiary/aromatic N) is 1. The van der Waals surface area contributed by atoms with Crippen LogP contribution in [0.2, 0.25) is 5.02 Å². The van der Waals surface area contributed by atoms with Crippen LogP contribution in [0.15, 0.2) is 81.5 Å². The minimum Gasteiger partial charge on any atom is -0.467 e. The van der Waals surface area contributed by atoms with Crippen molar-refractivity contribution in [2.45, 2.75) is 6.54 Å². The number of rotatable bonds is 5. The second kappa shape index (κ2) is 7.66. The number of carbonyl (C=O) groups is 2. The van der Waals surface area contributed by atoms with Gasteiger partial charge in [0.25, 0.3) is 11.8 Å². The van der Waals surface area contributed by atoms with Crippen LogP contribution in [0.3, 0.4) is 0 Å². The van der Waals surface area contributed by atoms with Crippen molar-refractivity contribution in [1.29, 1.82) is 0 Å². The third-order valence-electron chi connectivity index (χ3n) is 4.29. The quantitative estimate of drug-likeness (QED) is 0.542. The summed E-state index contributed by atoms with van der Waals surface area (Å²) in [6.07, 6.45) is 1.51. The molecule has 4 rings (SSSR count). The van der Waals surface area contributed by atoms with Gasteiger partial charge in [0.05, 0.1) is 18.4 Å². The highest BCUT2D eigenvalue weighted by Crippen LogP contribution is 2.32. The van der Waals surface area contributed by atoms with Gasteiger partial charge in [-0.05, 0) is 48.0 Å². The zero-order valence-corrected chi connectivity index (χ0v) is 16.8. The third kappa shape index (κ3) is 3.61. The molecule has 0 fully saturated rings. The Morgan fingerprint density at radius 2 is 1.79 bits per heavy atom. The number of imide groups is 1. The van der Waals surface area contributed by atoms with Crippen LogP contribution in [0.25, 0.3) is 5.57 Å². The molecule has 0 saturated carbocycles. The first-order valence-electron chi connectivity index (χ1n) is 8.44. The van der Waals surface area contributed by atoms with Crippen LogP contribution in [0.4, 0.5) is 5.69 Å². The predicted molar refractivity (Wildman–Crippen MR) is 110 cm³/mol. The normalized spacial score (nSPS) is 14.1. The smallest absolute Gasteiger partial charge is 0.278 e. The van der Waals surface area contributed by atoms with Crippen LogP contribution in [0, 0.1) is 0 Å². The summed E-state index contributed by atoms with van der Waals surface area (Å²) in [5.41, 5.74) is 1.82. The summed E-state index contributed by atoms with van der Waals surface area (Å²) in [4.78, 5) is 27.4. The van der Waals surface area contributed by atoms with Crippen LogP contribution < -0.4 is 5.32 Å². The number of benzene rings is 2. The minimum absolute atomic E-state index is 0.0609. The van der Waals surface area contributed by atoms with Gasteiger partial charge in [0, 0.05) is 15.2 Å². The number of hydrogen-bond acceptors (Lipinski definition) is 4. The second-order valence-corrected chi connectivity index (χ2v) is 7.52. The molecule has 1 aromatic heterocycles. The van der Waals surface area contributed by atoms with Crippen LogP contribution in [-0.4, -0.2) is 16.7 Å². The molecule has 28 heavy (non-hydrogen) atoms. The Bertz CT molecular complexity index is 1080. The summed E-state index contributed by atoms with van der Waals surface area (Å²) >= 11 is 9.39. The number of nitrogens with one attached hydrogen (secondary N) is 1. The molecule has 0 radical (unpaired) electrons. The number of furan rings is 1. The summed E-state index contributed by atoms with van der Waals surface area (Å²) in [6.45, 7) is 0.0609. The van der Waals surface area contributed by atoms with E-state index >= 15 is 0 Å². The van der Waals surface area contributed by atoms with Gasteiger partial charge < -0.3 is 9.73 Å². The summed E-state index contributed by atoms with van der Waals surface area (Å²) in [5.74, 6) is -0.270. The van der Waals surface area contributed by atoms with E-state index in [4.69, 9.17) is 16.0 Å². The van der Waals surface area contributed by atoms with Crippen LogP contribution in [0.1, 0.15) is 11.3 Å². The van der Waals surface area contributed by atoms with E-state index in [1.54, 1.807) is 36.4 Å². The molecule has 2 aromatic carbocycles. The van der Waals surface area contributed by atoms with Crippen molar-refractivity contribution >= 4 is 50.6 Å². The lowest BCUT2D eigenvalue weighted by molar-refractivity contribution is -0.137. The fourth-order valence-corrected chi connectivity index (χ4v) is 3.51. The summed E-state index contributed by atoms with van der Waals surface area (Å²) in [6, 6.07) is 17.6. The molecule has 1 aliphatic rings. The van der Waals surface area contributed by atoms with E-state index in [0.717, 1.165) is 4.47 Å². The van der Waals surface area contributed by atoms with Gasteiger partial charge in [0.2, 0.25) is 0 Å². The molecule has 2 heterocycles. The Balaban J connectivity index is 1.76. The van der Waals surface area contributed by atoms with E-state index in [-0.39, 0.29) is 18.1 Å². The molecule has 0 atom stereocenters. The van der Waals surface area contributed by atoms with Crippen molar-refractivity contribution in [3.05, 3.63) is 93.4 Å². The standard InChI is InChI=1S/C21H14BrClN2O3/c22-14-3-1-4-16(11-14)24-19-18(13-6-8-15(23)9-7-13)20(26)25(21(19)27)12-17-5-2-10-28-17/h1-11,24H,12H2. The van der Waals surface area contributed by atoms with Crippen molar-refractivity contribution in [3.8, 4) is 0 Å². The highest BCUT2D eigenvalue weighted by atomic mass is 79.9. The third-order valence-corrected chi connectivity index (χ3v) is 5.03. The molecular formula is C21H14BrClN2O3. The van der Waals surface area contributed by atoms with Gasteiger partial charge in [0.1, 0.15) is 11.5 Å². The lowest BCUT2D eigenvalue weighted by atomic mass is 10.0. The molecule has 0 saturated heterocycles. The first-order chi connectivity index (χ1) is 13.5. The first-order valence-corrected chi connectivity index (χ1v) is 9.61. The predicted octanol–water partition coefficient (Wildman–Crippen LogP) is 5.09. The fraction of sp³-hybridized carbons (Fsp3) is 0.0476. The van der Waals surface area contributed by atoms with Crippen molar-refractivity contribution in [1.82, 2.24) is 4.90 Å². The molecule has 5 nitrogen and oxygen atoms in total. The van der Waals surface area contributed by atoms with Crippen molar-refractivity contribution in [2.24, 2.45) is 0 Å². The van der Waals surface area contributed by atoms with E-state index in [2.05, 4.69) is 21.2 Å². The van der Waals surface area contributed by atoms with Gasteiger partial charge >= 0.3 is 0 Å². The zero-order valence-electron chi connectivity index (χ0n) is 14.5. The van der Waals surface area contributed by atoms with Crippen LogP contribution in [0.5, 0.6) is 0 Å². The molecule has 0 spiro atoms. The highest BCUT2D eigenvalue weighted by Gasteiger charge is 2.39. The van der Waals surface area contributed by atoms with E-state index in [1.807, 2.05) is 24.3 Å². The monoisotopic (exact) mass is 456 g/mol. The lowest BCUT2D eigenvalue weighted by Crippen LogP contribution is -2.31. The molecule has 0 unspecified atom stereocenters. The van der Waals surface area contributed by atoms with Gasteiger partial charge in [-0.1, -0.05) is 45.7 Å².